The van der Waals surface area contributed by atoms with Gasteiger partial charge in [-0.2, -0.15) is 0 Å². The van der Waals surface area contributed by atoms with Gasteiger partial charge in [-0.25, -0.2) is 0 Å². The molecule has 0 saturated heterocycles. The van der Waals surface area contributed by atoms with Crippen molar-refractivity contribution in [2.45, 2.75) is 41.5 Å². The Morgan fingerprint density at radius 1 is 0.522 bits per heavy atom. The van der Waals surface area contributed by atoms with Crippen molar-refractivity contribution in [3.63, 3.8) is 0 Å². The van der Waals surface area contributed by atoms with E-state index in [2.05, 4.69) is 104 Å². The van der Waals surface area contributed by atoms with E-state index in [0.717, 1.165) is 55.3 Å². The van der Waals surface area contributed by atoms with Crippen molar-refractivity contribution in [3.05, 3.63) is 142 Å². The molecule has 2 nitrogen and oxygen atoms in total. The largest absolute Gasteiger partial charge is 0.309 e. The Morgan fingerprint density at radius 2 is 0.826 bits per heavy atom. The first kappa shape index (κ1) is 34.4. The molecule has 8 heteroatoms. The SMILES string of the molecule is CC(=C=C1C(C)(C)[C@]12/C(=C(\C)P(=O)(c1ccc(Br)cc1)c1ccc(Br)cc1)C2(C)C)P(=O)(c1ccc(Br)cc1)c1ccc(Br)cc1. The van der Waals surface area contributed by atoms with Crippen LogP contribution in [0.15, 0.2) is 142 Å². The first-order chi connectivity index (χ1) is 21.5. The lowest BCUT2D eigenvalue weighted by atomic mass is 10.0. The van der Waals surface area contributed by atoms with E-state index in [1.54, 1.807) is 0 Å². The van der Waals surface area contributed by atoms with Crippen molar-refractivity contribution in [3.8, 4) is 0 Å². The highest BCUT2D eigenvalue weighted by atomic mass is 79.9. The van der Waals surface area contributed by atoms with Crippen molar-refractivity contribution in [1.82, 2.24) is 0 Å². The van der Waals surface area contributed by atoms with E-state index in [9.17, 15) is 0 Å². The van der Waals surface area contributed by atoms with Crippen LogP contribution in [0.3, 0.4) is 0 Å². The summed E-state index contributed by atoms with van der Waals surface area (Å²) in [5, 5.41) is 4.81. The fraction of sp³-hybridized carbons (Fsp3) is 0.237. The van der Waals surface area contributed by atoms with Gasteiger partial charge in [-0.1, -0.05) is 91.4 Å². The third kappa shape index (κ3) is 5.05. The van der Waals surface area contributed by atoms with Crippen LogP contribution in [0.25, 0.3) is 0 Å². The Bertz CT molecular complexity index is 1970. The molecule has 46 heavy (non-hydrogen) atoms. The van der Waals surface area contributed by atoms with Gasteiger partial charge in [0.15, 0.2) is 14.3 Å². The van der Waals surface area contributed by atoms with E-state index >= 15 is 9.13 Å². The predicted molar refractivity (Wildman–Crippen MR) is 209 cm³/mol. The number of halogens is 4. The number of hydrogen-bond acceptors (Lipinski definition) is 2. The minimum atomic E-state index is -3.21. The van der Waals surface area contributed by atoms with E-state index in [0.29, 0.717) is 0 Å². The van der Waals surface area contributed by atoms with Gasteiger partial charge in [0, 0.05) is 60.7 Å². The fourth-order valence-corrected chi connectivity index (χ4v) is 14.4. The molecule has 0 N–H and O–H groups in total. The highest BCUT2D eigenvalue weighted by Crippen LogP contribution is 2.94. The molecule has 0 heterocycles. The Kier molecular flexibility index (Phi) is 8.85. The van der Waals surface area contributed by atoms with E-state index in [-0.39, 0.29) is 16.2 Å². The normalized spacial score (nSPS) is 20.7. The standard InChI is InChI=1S/C38H34Br4O2P2/c1-24(45(43,30-15-7-26(39)8-16-30)31-17-9-27(40)10-18-31)23-34-36(3,4)38(34)35(37(38,5)6)25(2)46(44,32-19-11-28(41)12-20-32)33-21-13-29(42)14-22-33/h7-22H,1-6H3/b35-25+/t23?,38-/m1/s1. The molecular formula is C38H34Br4O2P2. The van der Waals surface area contributed by atoms with E-state index in [1.165, 1.54) is 5.57 Å². The Labute approximate surface area is 306 Å². The molecule has 0 radical (unpaired) electrons. The summed E-state index contributed by atoms with van der Waals surface area (Å²) in [5.41, 5.74) is 5.28. The van der Waals surface area contributed by atoms with E-state index < -0.39 is 14.3 Å². The van der Waals surface area contributed by atoms with Crippen LogP contribution in [0.2, 0.25) is 0 Å². The molecule has 2 aliphatic carbocycles. The van der Waals surface area contributed by atoms with Crippen molar-refractivity contribution >= 4 is 99.2 Å². The van der Waals surface area contributed by atoms with Crippen LogP contribution in [0.4, 0.5) is 0 Å². The summed E-state index contributed by atoms with van der Waals surface area (Å²) < 4.78 is 34.6. The van der Waals surface area contributed by atoms with Gasteiger partial charge in [-0.05, 0) is 127 Å². The van der Waals surface area contributed by atoms with Crippen molar-refractivity contribution in [1.29, 1.82) is 0 Å². The van der Waals surface area contributed by atoms with Gasteiger partial charge in [0.1, 0.15) is 0 Å². The van der Waals surface area contributed by atoms with Crippen LogP contribution in [0.5, 0.6) is 0 Å². The molecule has 2 fully saturated rings. The molecule has 0 bridgehead atoms. The van der Waals surface area contributed by atoms with Crippen molar-refractivity contribution < 1.29 is 9.13 Å². The van der Waals surface area contributed by atoms with Crippen molar-refractivity contribution in [2.75, 3.05) is 0 Å². The second-order valence-electron chi connectivity index (χ2n) is 13.2. The molecule has 1 spiro atoms. The topological polar surface area (TPSA) is 34.1 Å². The lowest BCUT2D eigenvalue weighted by Gasteiger charge is -2.21. The molecule has 4 aromatic rings. The summed E-state index contributed by atoms with van der Waals surface area (Å²) in [4.78, 5) is 0. The zero-order chi connectivity index (χ0) is 33.4. The van der Waals surface area contributed by atoms with Crippen molar-refractivity contribution in [2.24, 2.45) is 16.2 Å². The van der Waals surface area contributed by atoms with Crippen LogP contribution in [0.1, 0.15) is 41.5 Å². The molecule has 0 unspecified atom stereocenters. The Balaban J connectivity index is 1.58. The summed E-state index contributed by atoms with van der Waals surface area (Å²) >= 11 is 14.2. The maximum absolute atomic E-state index is 15.6. The van der Waals surface area contributed by atoms with Crippen LogP contribution >= 0.6 is 78.0 Å². The first-order valence-corrected chi connectivity index (χ1v) is 21.6. The van der Waals surface area contributed by atoms with Gasteiger partial charge in [0.2, 0.25) is 0 Å². The zero-order valence-electron chi connectivity index (χ0n) is 26.5. The predicted octanol–water partition coefficient (Wildman–Crippen LogP) is 11.8. The third-order valence-electron chi connectivity index (χ3n) is 10.1. The summed E-state index contributed by atoms with van der Waals surface area (Å²) in [6.45, 7) is 13.0. The maximum atomic E-state index is 15.6. The zero-order valence-corrected chi connectivity index (χ0v) is 34.6. The van der Waals surface area contributed by atoms with E-state index in [1.807, 2.05) is 104 Å². The van der Waals surface area contributed by atoms with Gasteiger partial charge in [0.25, 0.3) is 0 Å². The van der Waals surface area contributed by atoms with Crippen LogP contribution in [-0.4, -0.2) is 0 Å². The summed E-state index contributed by atoms with van der Waals surface area (Å²) in [6, 6.07) is 31.3. The van der Waals surface area contributed by atoms with Gasteiger partial charge >= 0.3 is 0 Å². The molecule has 0 aromatic heterocycles. The van der Waals surface area contributed by atoms with Crippen LogP contribution < -0.4 is 21.2 Å². The summed E-state index contributed by atoms with van der Waals surface area (Å²) in [6.07, 6.45) is 0. The highest BCUT2D eigenvalue weighted by molar-refractivity contribution is 9.11. The number of allylic oxidation sites excluding steroid dienone is 3. The molecule has 236 valence electrons. The lowest BCUT2D eigenvalue weighted by molar-refractivity contribution is 0.451. The Morgan fingerprint density at radius 3 is 1.15 bits per heavy atom. The number of benzene rings is 4. The minimum absolute atomic E-state index is 0.247. The summed E-state index contributed by atoms with van der Waals surface area (Å²) in [7, 11) is -6.41. The lowest BCUT2D eigenvalue weighted by Crippen LogP contribution is -2.17. The molecule has 2 saturated carbocycles. The smallest absolute Gasteiger partial charge is 0.174 e. The molecule has 4 aromatic carbocycles. The Hall–Kier alpha value is -1.48. The molecule has 0 aliphatic heterocycles. The second-order valence-corrected chi connectivity index (χ2v) is 22.7. The molecule has 6 rings (SSSR count). The number of rotatable bonds is 6. The van der Waals surface area contributed by atoms with E-state index in [4.69, 9.17) is 0 Å². The van der Waals surface area contributed by atoms with Gasteiger partial charge in [0.05, 0.1) is 0 Å². The highest BCUT2D eigenvalue weighted by Gasteiger charge is 2.88. The van der Waals surface area contributed by atoms with Crippen LogP contribution in [-0.2, 0) is 9.13 Å². The average Bonchev–Trinajstić information content (AvgIpc) is 3.75. The molecule has 1 atom stereocenters. The number of hydrogen-bond donors (Lipinski definition) is 0. The minimum Gasteiger partial charge on any atom is -0.309 e. The van der Waals surface area contributed by atoms with Gasteiger partial charge in [-0.3, -0.25) is 0 Å². The van der Waals surface area contributed by atoms with Crippen LogP contribution in [0, 0.1) is 16.2 Å². The maximum Gasteiger partial charge on any atom is 0.174 e. The third-order valence-corrected chi connectivity index (χ3v) is 18.6. The first-order valence-electron chi connectivity index (χ1n) is 15.0. The summed E-state index contributed by atoms with van der Waals surface area (Å²) in [5.74, 6) is 0. The average molecular weight is 904 g/mol. The molecule has 2 aliphatic rings. The fourth-order valence-electron chi connectivity index (χ4n) is 7.91. The van der Waals surface area contributed by atoms with Gasteiger partial charge < -0.3 is 9.13 Å². The second kappa shape index (κ2) is 11.8. The molecular weight excluding hydrogens is 870 g/mol. The molecule has 0 amide bonds. The van der Waals surface area contributed by atoms with Gasteiger partial charge in [-0.15, -0.1) is 5.73 Å². The monoisotopic (exact) mass is 900 g/mol. The quantitative estimate of drug-likeness (QED) is 0.143.